The van der Waals surface area contributed by atoms with Crippen LogP contribution in [0.1, 0.15) is 21.6 Å². The van der Waals surface area contributed by atoms with Gasteiger partial charge in [-0.15, -0.1) is 0 Å². The number of carbonyl (C=O) groups excluding carboxylic acids is 1. The van der Waals surface area contributed by atoms with Gasteiger partial charge in [0.25, 0.3) is 0 Å². The molecule has 0 saturated carbocycles. The maximum absolute atomic E-state index is 12.2. The van der Waals surface area contributed by atoms with Gasteiger partial charge in [0, 0.05) is 27.5 Å². The summed E-state index contributed by atoms with van der Waals surface area (Å²) in [6.45, 7) is 1.84. The lowest BCUT2D eigenvalue weighted by Crippen LogP contribution is -2.05. The molecule has 0 spiro atoms. The molecule has 1 aromatic carbocycles. The summed E-state index contributed by atoms with van der Waals surface area (Å²) in [5.41, 5.74) is 2.07. The van der Waals surface area contributed by atoms with E-state index in [0.717, 1.165) is 10.2 Å². The van der Waals surface area contributed by atoms with Crippen molar-refractivity contribution in [2.45, 2.75) is 6.92 Å². The van der Waals surface area contributed by atoms with Crippen LogP contribution < -0.4 is 0 Å². The second-order valence-corrected chi connectivity index (χ2v) is 4.30. The molecule has 0 unspecified atom stereocenters. The molecule has 2 aromatic rings. The Bertz CT molecular complexity index is 489. The molecule has 1 heterocycles. The van der Waals surface area contributed by atoms with E-state index < -0.39 is 0 Å². The number of ketones is 1. The first-order chi connectivity index (χ1) is 7.70. The molecule has 2 nitrogen and oxygen atoms in total. The van der Waals surface area contributed by atoms with Gasteiger partial charge in [0.15, 0.2) is 5.78 Å². The van der Waals surface area contributed by atoms with Gasteiger partial charge in [0.1, 0.15) is 0 Å². The summed E-state index contributed by atoms with van der Waals surface area (Å²) >= 11 is 3.38. The molecule has 0 N–H and O–H groups in total. The minimum Gasteiger partial charge on any atom is -0.288 e. The molecule has 0 atom stereocenters. The smallest absolute Gasteiger partial charge is 0.195 e. The summed E-state index contributed by atoms with van der Waals surface area (Å²) in [6, 6.07) is 11.0. The predicted octanol–water partition coefficient (Wildman–Crippen LogP) is 3.38. The Morgan fingerprint density at radius 2 is 1.81 bits per heavy atom. The molecular formula is C13H10BrNO. The number of pyridine rings is 1. The van der Waals surface area contributed by atoms with E-state index in [2.05, 4.69) is 20.9 Å². The van der Waals surface area contributed by atoms with Crippen LogP contribution in [0.3, 0.4) is 0 Å². The summed E-state index contributed by atoms with van der Waals surface area (Å²) < 4.78 is 0.809. The first-order valence-corrected chi connectivity index (χ1v) is 5.70. The standard InChI is InChI=1S/C13H10BrNO/c1-9-10(6-4-8-15-9)13(16)11-5-2-3-7-12(11)14/h2-8H,1H3. The molecule has 0 aliphatic carbocycles. The van der Waals surface area contributed by atoms with Crippen molar-refractivity contribution in [2.24, 2.45) is 0 Å². The zero-order valence-electron chi connectivity index (χ0n) is 8.77. The number of halogens is 1. The molecule has 0 aliphatic heterocycles. The highest BCUT2D eigenvalue weighted by atomic mass is 79.9. The largest absolute Gasteiger partial charge is 0.288 e. The van der Waals surface area contributed by atoms with Crippen LogP contribution in [-0.4, -0.2) is 10.8 Å². The van der Waals surface area contributed by atoms with Crippen molar-refractivity contribution < 1.29 is 4.79 Å². The Kier molecular flexibility index (Phi) is 3.15. The summed E-state index contributed by atoms with van der Waals surface area (Å²) in [4.78, 5) is 16.3. The lowest BCUT2D eigenvalue weighted by atomic mass is 10.0. The molecule has 16 heavy (non-hydrogen) atoms. The minimum absolute atomic E-state index is 0.00178. The van der Waals surface area contributed by atoms with E-state index in [1.807, 2.05) is 25.1 Å². The van der Waals surface area contributed by atoms with Crippen molar-refractivity contribution >= 4 is 21.7 Å². The molecule has 2 rings (SSSR count). The lowest BCUT2D eigenvalue weighted by molar-refractivity contribution is 0.103. The normalized spacial score (nSPS) is 10.1. The summed E-state index contributed by atoms with van der Waals surface area (Å²) in [5, 5.41) is 0. The molecule has 0 bridgehead atoms. The van der Waals surface area contributed by atoms with Crippen molar-refractivity contribution in [1.29, 1.82) is 0 Å². The van der Waals surface area contributed by atoms with Gasteiger partial charge in [-0.2, -0.15) is 0 Å². The molecule has 0 fully saturated rings. The zero-order chi connectivity index (χ0) is 11.5. The van der Waals surface area contributed by atoms with Crippen LogP contribution in [0.5, 0.6) is 0 Å². The fourth-order valence-electron chi connectivity index (χ4n) is 1.51. The van der Waals surface area contributed by atoms with E-state index >= 15 is 0 Å². The average molecular weight is 276 g/mol. The van der Waals surface area contributed by atoms with Gasteiger partial charge < -0.3 is 0 Å². The fourth-order valence-corrected chi connectivity index (χ4v) is 1.98. The lowest BCUT2D eigenvalue weighted by Gasteiger charge is -2.05. The first-order valence-electron chi connectivity index (χ1n) is 4.91. The quantitative estimate of drug-likeness (QED) is 0.787. The van der Waals surface area contributed by atoms with E-state index in [1.54, 1.807) is 24.4 Å². The Morgan fingerprint density at radius 3 is 2.50 bits per heavy atom. The fraction of sp³-hybridized carbons (Fsp3) is 0.0769. The number of rotatable bonds is 2. The number of hydrogen-bond acceptors (Lipinski definition) is 2. The maximum atomic E-state index is 12.2. The third-order valence-corrected chi connectivity index (χ3v) is 3.06. The van der Waals surface area contributed by atoms with Gasteiger partial charge in [-0.05, 0) is 31.2 Å². The number of hydrogen-bond donors (Lipinski definition) is 0. The maximum Gasteiger partial charge on any atom is 0.195 e. The van der Waals surface area contributed by atoms with Crippen LogP contribution in [0.25, 0.3) is 0 Å². The highest BCUT2D eigenvalue weighted by molar-refractivity contribution is 9.10. The minimum atomic E-state index is -0.00178. The second kappa shape index (κ2) is 4.58. The summed E-state index contributed by atoms with van der Waals surface area (Å²) in [6.07, 6.45) is 1.69. The first kappa shape index (κ1) is 11.0. The van der Waals surface area contributed by atoms with Gasteiger partial charge in [0.2, 0.25) is 0 Å². The number of aryl methyl sites for hydroxylation is 1. The van der Waals surface area contributed by atoms with Crippen molar-refractivity contribution in [3.05, 3.63) is 63.9 Å². The molecule has 1 aromatic heterocycles. The van der Waals surface area contributed by atoms with Crippen molar-refractivity contribution in [3.8, 4) is 0 Å². The van der Waals surface area contributed by atoms with Gasteiger partial charge in [-0.25, -0.2) is 0 Å². The van der Waals surface area contributed by atoms with Gasteiger partial charge >= 0.3 is 0 Å². The number of benzene rings is 1. The highest BCUT2D eigenvalue weighted by Crippen LogP contribution is 2.20. The molecule has 3 heteroatoms. The van der Waals surface area contributed by atoms with Crippen LogP contribution >= 0.6 is 15.9 Å². The van der Waals surface area contributed by atoms with E-state index in [0.29, 0.717) is 11.1 Å². The Labute approximate surface area is 102 Å². The zero-order valence-corrected chi connectivity index (χ0v) is 10.4. The topological polar surface area (TPSA) is 30.0 Å². The molecule has 0 saturated heterocycles. The predicted molar refractivity (Wildman–Crippen MR) is 66.5 cm³/mol. The molecule has 80 valence electrons. The van der Waals surface area contributed by atoms with E-state index in [1.165, 1.54) is 0 Å². The van der Waals surface area contributed by atoms with Crippen LogP contribution in [0.4, 0.5) is 0 Å². The highest BCUT2D eigenvalue weighted by Gasteiger charge is 2.13. The van der Waals surface area contributed by atoms with Crippen molar-refractivity contribution in [1.82, 2.24) is 4.98 Å². The number of aromatic nitrogens is 1. The molecular weight excluding hydrogens is 266 g/mol. The Morgan fingerprint density at radius 1 is 1.12 bits per heavy atom. The van der Waals surface area contributed by atoms with Crippen LogP contribution in [0.2, 0.25) is 0 Å². The van der Waals surface area contributed by atoms with Crippen LogP contribution in [-0.2, 0) is 0 Å². The number of carbonyl (C=O) groups is 1. The van der Waals surface area contributed by atoms with Gasteiger partial charge in [-0.1, -0.05) is 28.1 Å². The van der Waals surface area contributed by atoms with Crippen LogP contribution in [0, 0.1) is 6.92 Å². The SMILES string of the molecule is Cc1ncccc1C(=O)c1ccccc1Br. The summed E-state index contributed by atoms with van der Waals surface area (Å²) in [7, 11) is 0. The van der Waals surface area contributed by atoms with E-state index in [-0.39, 0.29) is 5.78 Å². The second-order valence-electron chi connectivity index (χ2n) is 3.45. The van der Waals surface area contributed by atoms with Crippen molar-refractivity contribution in [2.75, 3.05) is 0 Å². The van der Waals surface area contributed by atoms with Crippen molar-refractivity contribution in [3.63, 3.8) is 0 Å². The van der Waals surface area contributed by atoms with Gasteiger partial charge in [-0.3, -0.25) is 9.78 Å². The monoisotopic (exact) mass is 275 g/mol. The Balaban J connectivity index is 2.48. The number of nitrogens with zero attached hydrogens (tertiary/aromatic N) is 1. The third kappa shape index (κ3) is 2.04. The molecule has 0 aliphatic rings. The van der Waals surface area contributed by atoms with Gasteiger partial charge in [0.05, 0.1) is 0 Å². The van der Waals surface area contributed by atoms with E-state index in [4.69, 9.17) is 0 Å². The Hall–Kier alpha value is -1.48. The molecule has 0 amide bonds. The summed E-state index contributed by atoms with van der Waals surface area (Å²) in [5.74, 6) is -0.00178. The van der Waals surface area contributed by atoms with E-state index in [9.17, 15) is 4.79 Å². The van der Waals surface area contributed by atoms with Crippen LogP contribution in [0.15, 0.2) is 47.1 Å². The average Bonchev–Trinajstić information content (AvgIpc) is 2.29. The molecule has 0 radical (unpaired) electrons. The third-order valence-electron chi connectivity index (χ3n) is 2.37.